The minimum Gasteiger partial charge on any atom is -0.370 e. The predicted octanol–water partition coefficient (Wildman–Crippen LogP) is 3.21. The molecule has 8 nitrogen and oxygen atoms in total. The van der Waals surface area contributed by atoms with Crippen molar-refractivity contribution in [2.45, 2.75) is 59.7 Å². The van der Waals surface area contributed by atoms with E-state index in [1.54, 1.807) is 0 Å². The van der Waals surface area contributed by atoms with Crippen LogP contribution < -0.4 is 15.8 Å². The third-order valence-corrected chi connectivity index (χ3v) is 6.43. The number of carbonyl (C=O) groups excluding carboxylic acids is 1. The van der Waals surface area contributed by atoms with E-state index in [0.717, 1.165) is 44.0 Å². The Bertz CT molecular complexity index is 1270. The van der Waals surface area contributed by atoms with Gasteiger partial charge in [-0.3, -0.25) is 19.1 Å². The van der Waals surface area contributed by atoms with Gasteiger partial charge in [0.05, 0.1) is 10.9 Å². The predicted molar refractivity (Wildman–Crippen MR) is 141 cm³/mol. The topological polar surface area (TPSA) is 83.4 Å². The lowest BCUT2D eigenvalue weighted by Gasteiger charge is -2.26. The summed E-state index contributed by atoms with van der Waals surface area (Å²) in [5.74, 6) is 0.176. The van der Waals surface area contributed by atoms with Crippen LogP contribution in [0.3, 0.4) is 0 Å². The van der Waals surface area contributed by atoms with E-state index < -0.39 is 0 Å². The number of rotatable bonds is 6. The molecule has 0 saturated carbocycles. The molecular weight excluding hydrogens is 440 g/mol. The van der Waals surface area contributed by atoms with E-state index >= 15 is 0 Å². The average Bonchev–Trinajstić information content (AvgIpc) is 3.07. The fourth-order valence-corrected chi connectivity index (χ4v) is 4.64. The van der Waals surface area contributed by atoms with Crippen molar-refractivity contribution in [3.63, 3.8) is 0 Å². The first-order valence-corrected chi connectivity index (χ1v) is 12.5. The number of aryl methyl sites for hydroxylation is 1. The lowest BCUT2D eigenvalue weighted by atomic mass is 10.2. The Morgan fingerprint density at radius 1 is 1.03 bits per heavy atom. The zero-order chi connectivity index (χ0) is 25.1. The summed E-state index contributed by atoms with van der Waals surface area (Å²) in [6.07, 6.45) is 1.08. The van der Waals surface area contributed by atoms with Crippen LogP contribution in [0, 0.1) is 6.92 Å². The highest BCUT2D eigenvalue weighted by Gasteiger charge is 2.20. The second-order valence-electron chi connectivity index (χ2n) is 9.88. The van der Waals surface area contributed by atoms with Crippen molar-refractivity contribution in [1.29, 1.82) is 0 Å². The third-order valence-electron chi connectivity index (χ3n) is 6.43. The number of nitrogens with zero attached hydrogens (tertiary/aromatic N) is 5. The quantitative estimate of drug-likeness (QED) is 0.588. The van der Waals surface area contributed by atoms with Crippen LogP contribution in [0.15, 0.2) is 41.2 Å². The van der Waals surface area contributed by atoms with Gasteiger partial charge < -0.3 is 10.2 Å². The van der Waals surface area contributed by atoms with Gasteiger partial charge in [-0.1, -0.05) is 6.07 Å². The molecule has 1 aliphatic rings. The van der Waals surface area contributed by atoms with E-state index in [0.29, 0.717) is 28.5 Å². The van der Waals surface area contributed by atoms with Crippen LogP contribution in [0.5, 0.6) is 0 Å². The number of fused-ring (bicyclic) bond motifs is 1. The van der Waals surface area contributed by atoms with Crippen molar-refractivity contribution in [3.05, 3.63) is 52.4 Å². The molecule has 0 unspecified atom stereocenters. The Hall–Kier alpha value is -3.26. The van der Waals surface area contributed by atoms with Crippen molar-refractivity contribution >= 4 is 22.5 Å². The molecule has 0 atom stereocenters. The molecule has 186 valence electrons. The summed E-state index contributed by atoms with van der Waals surface area (Å²) in [6, 6.07) is 12.0. The van der Waals surface area contributed by atoms with Gasteiger partial charge in [0.2, 0.25) is 5.91 Å². The number of hydrogen-bond donors (Lipinski definition) is 1. The molecule has 0 aliphatic carbocycles. The molecule has 3 heterocycles. The molecule has 1 saturated heterocycles. The Morgan fingerprint density at radius 3 is 2.54 bits per heavy atom. The van der Waals surface area contributed by atoms with Gasteiger partial charge in [-0.15, -0.1) is 0 Å². The first-order valence-electron chi connectivity index (χ1n) is 12.5. The van der Waals surface area contributed by atoms with Crippen molar-refractivity contribution in [3.8, 4) is 11.5 Å². The summed E-state index contributed by atoms with van der Waals surface area (Å²) in [7, 11) is 0. The van der Waals surface area contributed by atoms with Crippen LogP contribution in [0.1, 0.15) is 39.8 Å². The van der Waals surface area contributed by atoms with Gasteiger partial charge in [0.25, 0.3) is 5.56 Å². The van der Waals surface area contributed by atoms with Gasteiger partial charge in [-0.25, -0.2) is 9.97 Å². The number of pyridine rings is 1. The number of hydrogen-bond acceptors (Lipinski definition) is 6. The maximum Gasteiger partial charge on any atom is 0.262 e. The lowest BCUT2D eigenvalue weighted by molar-refractivity contribution is -0.122. The standard InChI is InChI=1S/C27H36N6O2/c1-18(2)28-25(34)17-33-26(24-9-6-8-20(5)29-24)30-23-11-10-21(16-22(23)27(33)35)32-13-7-12-31(14-15-32)19(3)4/h6,8-11,16,18-19H,7,12-15,17H2,1-5H3,(H,28,34). The van der Waals surface area contributed by atoms with E-state index in [4.69, 9.17) is 4.98 Å². The minimum absolute atomic E-state index is 0.0211. The first-order chi connectivity index (χ1) is 16.7. The second kappa shape index (κ2) is 10.6. The number of amides is 1. The summed E-state index contributed by atoms with van der Waals surface area (Å²) < 4.78 is 1.45. The second-order valence-corrected chi connectivity index (χ2v) is 9.88. The Kier molecular flexibility index (Phi) is 7.50. The highest BCUT2D eigenvalue weighted by atomic mass is 16.2. The molecule has 1 aliphatic heterocycles. The number of carbonyl (C=O) groups is 1. The summed E-state index contributed by atoms with van der Waals surface area (Å²) >= 11 is 0. The molecule has 8 heteroatoms. The van der Waals surface area contributed by atoms with Gasteiger partial charge in [0.1, 0.15) is 12.2 Å². The Labute approximate surface area is 207 Å². The fourth-order valence-electron chi connectivity index (χ4n) is 4.64. The van der Waals surface area contributed by atoms with Crippen molar-refractivity contribution in [2.75, 3.05) is 31.1 Å². The molecule has 0 radical (unpaired) electrons. The largest absolute Gasteiger partial charge is 0.370 e. The fraction of sp³-hybridized carbons (Fsp3) is 0.481. The van der Waals surface area contributed by atoms with Crippen molar-refractivity contribution in [1.82, 2.24) is 24.8 Å². The maximum atomic E-state index is 13.8. The van der Waals surface area contributed by atoms with Gasteiger partial charge >= 0.3 is 0 Å². The molecule has 1 aromatic carbocycles. The van der Waals surface area contributed by atoms with Gasteiger partial charge in [-0.05, 0) is 71.4 Å². The monoisotopic (exact) mass is 476 g/mol. The van der Waals surface area contributed by atoms with Crippen LogP contribution in [-0.4, -0.2) is 63.6 Å². The smallest absolute Gasteiger partial charge is 0.262 e. The highest BCUT2D eigenvalue weighted by Crippen LogP contribution is 2.23. The van der Waals surface area contributed by atoms with Gasteiger partial charge in [0.15, 0.2) is 5.82 Å². The van der Waals surface area contributed by atoms with Crippen molar-refractivity contribution < 1.29 is 4.79 Å². The first kappa shape index (κ1) is 24.9. The van der Waals surface area contributed by atoms with Gasteiger partial charge in [-0.2, -0.15) is 0 Å². The van der Waals surface area contributed by atoms with Crippen LogP contribution in [0.2, 0.25) is 0 Å². The summed E-state index contributed by atoms with van der Waals surface area (Å²) in [5, 5.41) is 3.40. The Morgan fingerprint density at radius 2 is 1.83 bits per heavy atom. The van der Waals surface area contributed by atoms with Crippen LogP contribution in [-0.2, 0) is 11.3 Å². The lowest BCUT2D eigenvalue weighted by Crippen LogP contribution is -2.37. The molecule has 2 aromatic heterocycles. The third kappa shape index (κ3) is 5.70. The number of anilines is 1. The molecule has 3 aromatic rings. The normalized spacial score (nSPS) is 15.1. The summed E-state index contributed by atoms with van der Waals surface area (Å²) in [5.41, 5.74) is 2.79. The van der Waals surface area contributed by atoms with E-state index in [1.807, 2.05) is 57.2 Å². The van der Waals surface area contributed by atoms with Crippen LogP contribution in [0.4, 0.5) is 5.69 Å². The SMILES string of the molecule is Cc1cccc(-c2nc3ccc(N4CCCN(C(C)C)CC4)cc3c(=O)n2CC(=O)NC(C)C)n1. The maximum absolute atomic E-state index is 13.8. The molecule has 1 N–H and O–H groups in total. The molecule has 1 fully saturated rings. The van der Waals surface area contributed by atoms with Crippen molar-refractivity contribution in [2.24, 2.45) is 0 Å². The van der Waals surface area contributed by atoms with Gasteiger partial charge in [0, 0.05) is 49.6 Å². The molecular formula is C27H36N6O2. The van der Waals surface area contributed by atoms with E-state index in [2.05, 4.69) is 33.9 Å². The minimum atomic E-state index is -0.229. The van der Waals surface area contributed by atoms with E-state index in [1.165, 1.54) is 4.57 Å². The molecule has 35 heavy (non-hydrogen) atoms. The molecule has 4 rings (SSSR count). The number of nitrogens with one attached hydrogen (secondary N) is 1. The van der Waals surface area contributed by atoms with E-state index in [9.17, 15) is 9.59 Å². The van der Waals surface area contributed by atoms with Crippen LogP contribution in [0.25, 0.3) is 22.4 Å². The molecule has 0 bridgehead atoms. The molecule has 0 spiro atoms. The molecule has 1 amide bonds. The summed E-state index contributed by atoms with van der Waals surface area (Å²) in [6.45, 7) is 14.0. The Balaban J connectivity index is 1.77. The zero-order valence-corrected chi connectivity index (χ0v) is 21.4. The zero-order valence-electron chi connectivity index (χ0n) is 21.4. The highest BCUT2D eigenvalue weighted by molar-refractivity contribution is 5.84. The number of benzene rings is 1. The summed E-state index contributed by atoms with van der Waals surface area (Å²) in [4.78, 5) is 40.6. The average molecular weight is 477 g/mol. The number of aromatic nitrogens is 3. The van der Waals surface area contributed by atoms with Crippen LogP contribution >= 0.6 is 0 Å². The van der Waals surface area contributed by atoms with E-state index in [-0.39, 0.29) is 24.1 Å².